The fourth-order valence-electron chi connectivity index (χ4n) is 6.47. The molecule has 0 aliphatic carbocycles. The molecule has 42 heavy (non-hydrogen) atoms. The highest BCUT2D eigenvalue weighted by Gasteiger charge is 2.63. The lowest BCUT2D eigenvalue weighted by molar-refractivity contribution is 0.0697. The first-order chi connectivity index (χ1) is 19.8. The third-order valence-corrected chi connectivity index (χ3v) is 8.67. The van der Waals surface area contributed by atoms with Gasteiger partial charge in [0, 0.05) is 41.8 Å². The number of nitrogens with zero attached hydrogens (tertiary/aromatic N) is 3. The molecule has 4 rings (SSSR count). The smallest absolute Gasteiger partial charge is 0.335 e. The van der Waals surface area contributed by atoms with Crippen LogP contribution in [0.15, 0.2) is 60.7 Å². The minimum atomic E-state index is -1.55. The number of carboxylic acids is 1. The number of hydrogen-bond donors (Lipinski definition) is 1. The van der Waals surface area contributed by atoms with Crippen molar-refractivity contribution in [2.24, 2.45) is 5.41 Å². The summed E-state index contributed by atoms with van der Waals surface area (Å²) in [7, 11) is 1.83. The van der Waals surface area contributed by atoms with Crippen LogP contribution in [0.3, 0.4) is 0 Å². The molecular formula is C33H35Cl2F2N3O2. The van der Waals surface area contributed by atoms with Crippen molar-refractivity contribution in [3.8, 4) is 6.07 Å². The summed E-state index contributed by atoms with van der Waals surface area (Å²) >= 11 is 12.5. The van der Waals surface area contributed by atoms with Gasteiger partial charge in [0.2, 0.25) is 0 Å². The fourth-order valence-corrected chi connectivity index (χ4v) is 6.81. The van der Waals surface area contributed by atoms with Gasteiger partial charge in [-0.25, -0.2) is 13.6 Å². The van der Waals surface area contributed by atoms with Crippen molar-refractivity contribution in [3.63, 3.8) is 0 Å². The van der Waals surface area contributed by atoms with Crippen LogP contribution in [0.2, 0.25) is 10.0 Å². The molecule has 0 amide bonds. The molecule has 222 valence electrons. The monoisotopic (exact) mass is 613 g/mol. The Labute approximate surface area is 256 Å². The van der Waals surface area contributed by atoms with Gasteiger partial charge in [-0.15, -0.1) is 0 Å². The minimum absolute atomic E-state index is 0.0931. The highest BCUT2D eigenvalue weighted by molar-refractivity contribution is 6.31. The number of carboxylic acid groups (broad SMARTS) is 1. The van der Waals surface area contributed by atoms with Crippen molar-refractivity contribution in [1.29, 1.82) is 5.26 Å². The third-order valence-electron chi connectivity index (χ3n) is 8.14. The minimum Gasteiger partial charge on any atom is -0.478 e. The Morgan fingerprint density at radius 3 is 2.33 bits per heavy atom. The van der Waals surface area contributed by atoms with Gasteiger partial charge in [0.25, 0.3) is 0 Å². The van der Waals surface area contributed by atoms with Gasteiger partial charge in [0.05, 0.1) is 22.8 Å². The van der Waals surface area contributed by atoms with Crippen LogP contribution in [-0.4, -0.2) is 41.8 Å². The maximum atomic E-state index is 16.1. The molecule has 0 bridgehead atoms. The SMILES string of the molecule is CCCN1[C@@H](CC(C)(C)C)[C@](C#N)(c2ccc(Cl)cc2F)[C@@H](c2cccc(Cl)c2F)[C@H]1N(C)c1ccc(C(=O)O)cc1. The molecule has 4 atom stereocenters. The fraction of sp³-hybridized carbons (Fsp3) is 0.394. The number of halogens is 4. The van der Waals surface area contributed by atoms with Gasteiger partial charge in [-0.2, -0.15) is 5.26 Å². The van der Waals surface area contributed by atoms with Gasteiger partial charge in [-0.05, 0) is 66.3 Å². The molecular weight excluding hydrogens is 579 g/mol. The first-order valence-corrected chi connectivity index (χ1v) is 14.6. The Bertz CT molecular complexity index is 1500. The van der Waals surface area contributed by atoms with E-state index >= 15 is 8.78 Å². The van der Waals surface area contributed by atoms with Crippen molar-refractivity contribution in [1.82, 2.24) is 4.90 Å². The maximum Gasteiger partial charge on any atom is 0.335 e. The predicted octanol–water partition coefficient (Wildman–Crippen LogP) is 8.51. The molecule has 1 aliphatic heterocycles. The van der Waals surface area contributed by atoms with E-state index in [2.05, 4.69) is 31.7 Å². The Kier molecular flexibility index (Phi) is 9.22. The first kappa shape index (κ1) is 31.7. The normalized spacial score (nSPS) is 22.6. The van der Waals surface area contributed by atoms with Crippen molar-refractivity contribution >= 4 is 34.9 Å². The summed E-state index contributed by atoms with van der Waals surface area (Å²) in [5.74, 6) is -3.25. The molecule has 1 heterocycles. The number of nitriles is 1. The van der Waals surface area contributed by atoms with Gasteiger partial charge in [-0.3, -0.25) is 4.90 Å². The van der Waals surface area contributed by atoms with E-state index in [1.165, 1.54) is 24.3 Å². The molecule has 1 saturated heterocycles. The molecule has 1 N–H and O–H groups in total. The van der Waals surface area contributed by atoms with Crippen LogP contribution in [0, 0.1) is 28.4 Å². The Balaban J connectivity index is 2.10. The van der Waals surface area contributed by atoms with Gasteiger partial charge < -0.3 is 10.0 Å². The number of benzene rings is 3. The number of aromatic carboxylic acids is 1. The number of anilines is 1. The Morgan fingerprint density at radius 2 is 1.79 bits per heavy atom. The summed E-state index contributed by atoms with van der Waals surface area (Å²) in [6, 6.07) is 17.4. The number of carbonyl (C=O) groups is 1. The molecule has 0 spiro atoms. The second-order valence-corrected chi connectivity index (χ2v) is 13.0. The highest BCUT2D eigenvalue weighted by atomic mass is 35.5. The van der Waals surface area contributed by atoms with Crippen molar-refractivity contribution < 1.29 is 18.7 Å². The number of rotatable bonds is 8. The summed E-state index contributed by atoms with van der Waals surface area (Å²) < 4.78 is 32.2. The number of likely N-dealkylation sites (N-methyl/N-ethyl adjacent to an activating group) is 1. The summed E-state index contributed by atoms with van der Waals surface area (Å²) in [5.41, 5.74) is -0.695. The summed E-state index contributed by atoms with van der Waals surface area (Å²) in [6.45, 7) is 8.76. The van der Waals surface area contributed by atoms with E-state index in [4.69, 9.17) is 23.2 Å². The third kappa shape index (κ3) is 5.73. The molecule has 0 unspecified atom stereocenters. The van der Waals surface area contributed by atoms with E-state index < -0.39 is 41.1 Å². The number of likely N-dealkylation sites (tertiary alicyclic amines) is 1. The maximum absolute atomic E-state index is 16.1. The predicted molar refractivity (Wildman–Crippen MR) is 163 cm³/mol. The lowest BCUT2D eigenvalue weighted by Gasteiger charge is -2.40. The van der Waals surface area contributed by atoms with Crippen LogP contribution in [0.25, 0.3) is 0 Å². The Morgan fingerprint density at radius 1 is 1.12 bits per heavy atom. The van der Waals surface area contributed by atoms with Crippen molar-refractivity contribution in [2.75, 3.05) is 18.5 Å². The molecule has 3 aromatic carbocycles. The topological polar surface area (TPSA) is 67.6 Å². The van der Waals surface area contributed by atoms with E-state index in [0.717, 1.165) is 6.42 Å². The molecule has 0 saturated carbocycles. The molecule has 3 aromatic rings. The zero-order valence-corrected chi connectivity index (χ0v) is 25.8. The van der Waals surface area contributed by atoms with Crippen LogP contribution in [0.4, 0.5) is 14.5 Å². The van der Waals surface area contributed by atoms with Crippen LogP contribution in [0.1, 0.15) is 67.9 Å². The van der Waals surface area contributed by atoms with E-state index in [-0.39, 0.29) is 32.2 Å². The molecule has 5 nitrogen and oxygen atoms in total. The van der Waals surface area contributed by atoms with E-state index in [1.807, 2.05) is 18.9 Å². The van der Waals surface area contributed by atoms with Crippen molar-refractivity contribution in [2.45, 2.75) is 64.1 Å². The highest BCUT2D eigenvalue weighted by Crippen LogP contribution is 2.57. The summed E-state index contributed by atoms with van der Waals surface area (Å²) in [6.07, 6.45) is 0.595. The summed E-state index contributed by atoms with van der Waals surface area (Å²) in [4.78, 5) is 15.6. The molecule has 9 heteroatoms. The van der Waals surface area contributed by atoms with E-state index in [0.29, 0.717) is 18.7 Å². The Hall–Kier alpha value is -3.18. The van der Waals surface area contributed by atoms with Crippen LogP contribution in [-0.2, 0) is 5.41 Å². The molecule has 0 radical (unpaired) electrons. The largest absolute Gasteiger partial charge is 0.478 e. The van der Waals surface area contributed by atoms with Gasteiger partial charge in [-0.1, -0.05) is 69.1 Å². The van der Waals surface area contributed by atoms with Crippen LogP contribution < -0.4 is 4.90 Å². The van der Waals surface area contributed by atoms with E-state index in [9.17, 15) is 15.2 Å². The standard InChI is InChI=1S/C33H35Cl2F2N3O2/c1-6-16-40-27(18-32(2,3)4)33(19-38,24-15-12-21(34)17-26(24)36)28(23-8-7-9-25(35)29(23)37)30(40)39(5)22-13-10-20(11-14-22)31(41)42/h7-15,17,27-28,30H,6,16,18H2,1-5H3,(H,41,42)/t27-,28-,30-,33-/m0/s1. The zero-order chi connectivity index (χ0) is 31.0. The van der Waals surface area contributed by atoms with Crippen molar-refractivity contribution in [3.05, 3.63) is 99.0 Å². The zero-order valence-electron chi connectivity index (χ0n) is 24.3. The molecule has 1 aliphatic rings. The van der Waals surface area contributed by atoms with Gasteiger partial charge in [0.15, 0.2) is 0 Å². The number of hydrogen-bond acceptors (Lipinski definition) is 4. The average molecular weight is 615 g/mol. The van der Waals surface area contributed by atoms with Gasteiger partial charge in [0.1, 0.15) is 17.0 Å². The molecule has 0 aromatic heterocycles. The first-order valence-electron chi connectivity index (χ1n) is 13.9. The lowest BCUT2D eigenvalue weighted by atomic mass is 9.63. The van der Waals surface area contributed by atoms with E-state index in [1.54, 1.807) is 36.4 Å². The molecule has 1 fully saturated rings. The lowest BCUT2D eigenvalue weighted by Crippen LogP contribution is -2.49. The quantitative estimate of drug-likeness (QED) is 0.276. The average Bonchev–Trinajstić information content (AvgIpc) is 3.18. The summed E-state index contributed by atoms with van der Waals surface area (Å²) in [5, 5.41) is 20.8. The van der Waals surface area contributed by atoms with Crippen LogP contribution in [0.5, 0.6) is 0 Å². The second-order valence-electron chi connectivity index (χ2n) is 12.1. The second kappa shape index (κ2) is 12.2. The van der Waals surface area contributed by atoms with Crippen LogP contribution >= 0.6 is 23.2 Å². The van der Waals surface area contributed by atoms with Gasteiger partial charge >= 0.3 is 5.97 Å².